The molecule has 0 radical (unpaired) electrons. The van der Waals surface area contributed by atoms with E-state index in [0.29, 0.717) is 55.2 Å². The second kappa shape index (κ2) is 9.33. The number of rotatable bonds is 6. The van der Waals surface area contributed by atoms with Gasteiger partial charge >= 0.3 is 0 Å². The lowest BCUT2D eigenvalue weighted by Crippen LogP contribution is -2.52. The molecule has 2 aromatic rings. The van der Waals surface area contributed by atoms with Crippen molar-refractivity contribution in [1.82, 2.24) is 15.1 Å². The van der Waals surface area contributed by atoms with Gasteiger partial charge in [-0.25, -0.2) is 0 Å². The first-order chi connectivity index (χ1) is 17.8. The number of hydrogen-bond acceptors (Lipinski definition) is 6. The zero-order valence-corrected chi connectivity index (χ0v) is 18.2. The van der Waals surface area contributed by atoms with E-state index in [1.54, 1.807) is 18.2 Å². The van der Waals surface area contributed by atoms with Crippen LogP contribution in [-0.2, 0) is 34.0 Å². The van der Waals surface area contributed by atoms with Crippen molar-refractivity contribution in [3.05, 3.63) is 64.6 Å². The van der Waals surface area contributed by atoms with Crippen LogP contribution < -0.4 is 10.6 Å². The van der Waals surface area contributed by atoms with E-state index < -0.39 is 11.9 Å². The SMILES string of the molecule is [2H]c1c([2H])c(CN2CCOCC2)c([2H])c([2H])c1CNc1cccc2c1CN(C1CCC(=O)NC1=O)C2=O. The summed E-state index contributed by atoms with van der Waals surface area (Å²) in [5.74, 6) is -1.11. The van der Waals surface area contributed by atoms with Crippen molar-refractivity contribution in [1.29, 1.82) is 0 Å². The molecule has 2 fully saturated rings. The van der Waals surface area contributed by atoms with Crippen molar-refractivity contribution in [2.45, 2.75) is 38.5 Å². The summed E-state index contributed by atoms with van der Waals surface area (Å²) in [6.07, 6.45) is 0.444. The Morgan fingerprint density at radius 3 is 2.61 bits per heavy atom. The van der Waals surface area contributed by atoms with Crippen molar-refractivity contribution in [2.75, 3.05) is 31.6 Å². The topological polar surface area (TPSA) is 91.0 Å². The van der Waals surface area contributed by atoms with Gasteiger partial charge in [0.1, 0.15) is 6.04 Å². The van der Waals surface area contributed by atoms with Crippen molar-refractivity contribution < 1.29 is 24.6 Å². The van der Waals surface area contributed by atoms with Gasteiger partial charge in [0.15, 0.2) is 0 Å². The molecule has 2 aromatic carbocycles. The van der Waals surface area contributed by atoms with E-state index in [9.17, 15) is 14.4 Å². The molecule has 3 aliphatic heterocycles. The molecule has 8 heteroatoms. The number of anilines is 1. The summed E-state index contributed by atoms with van der Waals surface area (Å²) >= 11 is 0. The van der Waals surface area contributed by atoms with Crippen LogP contribution in [0.2, 0.25) is 0 Å². The van der Waals surface area contributed by atoms with E-state index in [1.807, 2.05) is 0 Å². The van der Waals surface area contributed by atoms with Gasteiger partial charge < -0.3 is 15.0 Å². The maximum atomic E-state index is 13.1. The molecule has 0 bridgehead atoms. The number of morpholine rings is 1. The number of carbonyl (C=O) groups excluding carboxylic acids is 3. The smallest absolute Gasteiger partial charge is 0.255 e. The summed E-state index contributed by atoms with van der Waals surface area (Å²) in [4.78, 5) is 40.5. The van der Waals surface area contributed by atoms with Crippen molar-refractivity contribution in [3.63, 3.8) is 0 Å². The second-order valence-electron chi connectivity index (χ2n) is 8.43. The van der Waals surface area contributed by atoms with Gasteiger partial charge in [0.05, 0.1) is 18.7 Å². The average Bonchev–Trinajstić information content (AvgIpc) is 3.23. The van der Waals surface area contributed by atoms with Crippen LogP contribution in [0.25, 0.3) is 0 Å². The molecule has 0 aliphatic carbocycles. The Hall–Kier alpha value is -3.23. The highest BCUT2D eigenvalue weighted by molar-refractivity contribution is 6.06. The fraction of sp³-hybridized carbons (Fsp3) is 0.400. The first kappa shape index (κ1) is 17.3. The third kappa shape index (κ3) is 4.62. The number of hydrogen-bond donors (Lipinski definition) is 2. The third-order valence-electron chi connectivity index (χ3n) is 6.25. The van der Waals surface area contributed by atoms with E-state index in [-0.39, 0.29) is 67.5 Å². The number of ether oxygens (including phenoxy) is 1. The van der Waals surface area contributed by atoms with Crippen molar-refractivity contribution in [2.24, 2.45) is 0 Å². The fourth-order valence-corrected chi connectivity index (χ4v) is 4.45. The van der Waals surface area contributed by atoms with Gasteiger partial charge in [-0.1, -0.05) is 30.2 Å². The lowest BCUT2D eigenvalue weighted by molar-refractivity contribution is -0.136. The molecule has 3 amide bonds. The van der Waals surface area contributed by atoms with E-state index in [4.69, 9.17) is 10.2 Å². The summed E-state index contributed by atoms with van der Waals surface area (Å²) in [6, 6.07) is 4.17. The van der Waals surface area contributed by atoms with E-state index >= 15 is 0 Å². The molecule has 2 N–H and O–H groups in total. The average molecular weight is 453 g/mol. The molecule has 3 aliphatic rings. The zero-order valence-electron chi connectivity index (χ0n) is 22.2. The van der Waals surface area contributed by atoms with Gasteiger partial charge in [0, 0.05) is 56.0 Å². The minimum absolute atomic E-state index is 0.0380. The Labute approximate surface area is 198 Å². The highest BCUT2D eigenvalue weighted by atomic mass is 16.5. The van der Waals surface area contributed by atoms with Gasteiger partial charge in [-0.05, 0) is 29.7 Å². The van der Waals surface area contributed by atoms with Crippen LogP contribution in [0.5, 0.6) is 0 Å². The Balaban J connectivity index is 1.35. The van der Waals surface area contributed by atoms with Crippen LogP contribution in [0.3, 0.4) is 0 Å². The Morgan fingerprint density at radius 1 is 1.09 bits per heavy atom. The maximum absolute atomic E-state index is 13.1. The Morgan fingerprint density at radius 2 is 1.85 bits per heavy atom. The van der Waals surface area contributed by atoms with Crippen LogP contribution >= 0.6 is 0 Å². The summed E-state index contributed by atoms with van der Waals surface area (Å²) < 4.78 is 39.4. The largest absolute Gasteiger partial charge is 0.381 e. The highest BCUT2D eigenvalue weighted by Gasteiger charge is 2.39. The predicted molar refractivity (Wildman–Crippen MR) is 122 cm³/mol. The van der Waals surface area contributed by atoms with Crippen LogP contribution in [0, 0.1) is 0 Å². The van der Waals surface area contributed by atoms with Crippen molar-refractivity contribution in [3.8, 4) is 0 Å². The quantitative estimate of drug-likeness (QED) is 0.651. The molecule has 3 heterocycles. The Kier molecular flexibility index (Phi) is 4.88. The second-order valence-corrected chi connectivity index (χ2v) is 8.43. The van der Waals surface area contributed by atoms with Gasteiger partial charge in [-0.15, -0.1) is 0 Å². The molecule has 8 nitrogen and oxygen atoms in total. The number of nitrogens with zero attached hydrogens (tertiary/aromatic N) is 2. The van der Waals surface area contributed by atoms with Crippen LogP contribution in [0.15, 0.2) is 42.4 Å². The fourth-order valence-electron chi connectivity index (χ4n) is 4.45. The monoisotopic (exact) mass is 452 g/mol. The van der Waals surface area contributed by atoms with Crippen LogP contribution in [0.4, 0.5) is 5.69 Å². The first-order valence-corrected chi connectivity index (χ1v) is 11.1. The minimum Gasteiger partial charge on any atom is -0.381 e. The van der Waals surface area contributed by atoms with Gasteiger partial charge in [-0.2, -0.15) is 0 Å². The summed E-state index contributed by atoms with van der Waals surface area (Å²) in [5, 5.41) is 5.49. The summed E-state index contributed by atoms with van der Waals surface area (Å²) in [6.45, 7) is 3.07. The molecular formula is C25H28N4O4. The molecule has 172 valence electrons. The van der Waals surface area contributed by atoms with E-state index in [2.05, 4.69) is 15.5 Å². The Bertz CT molecular complexity index is 1250. The maximum Gasteiger partial charge on any atom is 0.255 e. The highest BCUT2D eigenvalue weighted by Crippen LogP contribution is 2.32. The molecule has 1 atom stereocenters. The normalized spacial score (nSPS) is 22.8. The number of amides is 3. The van der Waals surface area contributed by atoms with Crippen LogP contribution in [0.1, 0.15) is 45.4 Å². The number of nitrogens with one attached hydrogen (secondary N) is 2. The molecule has 33 heavy (non-hydrogen) atoms. The number of carbonyl (C=O) groups is 3. The molecule has 0 saturated carbocycles. The molecule has 1 unspecified atom stereocenters. The molecule has 5 rings (SSSR count). The van der Waals surface area contributed by atoms with Crippen molar-refractivity contribution >= 4 is 23.4 Å². The predicted octanol–water partition coefficient (Wildman–Crippen LogP) is 1.89. The van der Waals surface area contributed by atoms with Gasteiger partial charge in [0.25, 0.3) is 5.91 Å². The lowest BCUT2D eigenvalue weighted by Gasteiger charge is -2.29. The third-order valence-corrected chi connectivity index (χ3v) is 6.25. The molecule has 0 aromatic heterocycles. The number of fused-ring (bicyclic) bond motifs is 1. The standard InChI is InChI=1S/C25H28N4O4/c30-23-9-8-22(24(31)27-23)29-16-20-19(25(29)32)2-1-3-21(20)26-14-17-4-6-18(7-5-17)15-28-10-12-33-13-11-28/h1-7,22,26H,8-16H2,(H,27,30,31)/i4D,5D,6D,7D. The zero-order chi connectivity index (χ0) is 26.3. The summed E-state index contributed by atoms with van der Waals surface area (Å²) in [7, 11) is 0. The van der Waals surface area contributed by atoms with Gasteiger partial charge in [0.2, 0.25) is 11.8 Å². The van der Waals surface area contributed by atoms with E-state index in [1.165, 1.54) is 4.90 Å². The summed E-state index contributed by atoms with van der Waals surface area (Å²) in [5.41, 5.74) is 2.37. The molecule has 2 saturated heterocycles. The van der Waals surface area contributed by atoms with E-state index in [0.717, 1.165) is 0 Å². The number of piperidine rings is 1. The van der Waals surface area contributed by atoms with Gasteiger partial charge in [-0.3, -0.25) is 24.6 Å². The minimum atomic E-state index is -0.721. The first-order valence-electron chi connectivity index (χ1n) is 13.1. The number of benzene rings is 2. The molecule has 0 spiro atoms. The number of imide groups is 1. The lowest BCUT2D eigenvalue weighted by atomic mass is 10.0. The van der Waals surface area contributed by atoms with Crippen LogP contribution in [-0.4, -0.2) is 59.9 Å². The molecular weight excluding hydrogens is 420 g/mol.